The fourth-order valence-corrected chi connectivity index (χ4v) is 4.50. The summed E-state index contributed by atoms with van der Waals surface area (Å²) in [6, 6.07) is 21.0. The quantitative estimate of drug-likeness (QED) is 0.242. The molecule has 0 radical (unpaired) electrons. The zero-order valence-corrected chi connectivity index (χ0v) is 25.9. The van der Waals surface area contributed by atoms with Crippen molar-refractivity contribution >= 4 is 10.9 Å². The molecule has 1 atom stereocenters. The number of hydrogen-bond acceptors (Lipinski definition) is 8. The molecule has 43 heavy (non-hydrogen) atoms. The van der Waals surface area contributed by atoms with Gasteiger partial charge in [-0.2, -0.15) is 0 Å². The molecular weight excluding hydrogens is 542 g/mol. The second-order valence-electron chi connectivity index (χ2n) is 9.41. The number of fused-ring (bicyclic) bond motifs is 2. The Labute approximate surface area is 253 Å². The van der Waals surface area contributed by atoms with Crippen LogP contribution in [0.2, 0.25) is 0 Å². The predicted octanol–water partition coefficient (Wildman–Crippen LogP) is 5.35. The maximum atomic E-state index is 12.7. The first-order chi connectivity index (χ1) is 20.9. The number of aryl methyl sites for hydroxylation is 4. The van der Waals surface area contributed by atoms with E-state index in [-0.39, 0.29) is 5.56 Å². The summed E-state index contributed by atoms with van der Waals surface area (Å²) >= 11 is 0. The van der Waals surface area contributed by atoms with Crippen LogP contribution in [-0.2, 0) is 19.5 Å². The first-order valence-electron chi connectivity index (χ1n) is 14.7. The molecule has 0 saturated heterocycles. The first kappa shape index (κ1) is 33.0. The summed E-state index contributed by atoms with van der Waals surface area (Å²) in [6.45, 7) is 13.4. The van der Waals surface area contributed by atoms with Crippen molar-refractivity contribution in [1.82, 2.24) is 25.2 Å². The smallest absolute Gasteiger partial charge is 0.253 e. The number of ether oxygens (including phenoxy) is 2. The van der Waals surface area contributed by atoms with E-state index in [2.05, 4.69) is 32.6 Å². The number of aromatic amines is 1. The maximum Gasteiger partial charge on any atom is 0.253 e. The Morgan fingerprint density at radius 3 is 2.33 bits per heavy atom. The number of nitrogens with one attached hydrogen (secondary N) is 1. The number of tetrazole rings is 1. The van der Waals surface area contributed by atoms with Crippen LogP contribution in [0.25, 0.3) is 10.9 Å². The van der Waals surface area contributed by atoms with Crippen molar-refractivity contribution in [2.24, 2.45) is 11.5 Å². The number of rotatable bonds is 6. The summed E-state index contributed by atoms with van der Waals surface area (Å²) in [4.78, 5) is 15.7. The number of nitrogens with two attached hydrogens (primary N) is 2. The molecule has 2 aromatic heterocycles. The summed E-state index contributed by atoms with van der Waals surface area (Å²) in [6.07, 6.45) is 0.776. The van der Waals surface area contributed by atoms with Crippen LogP contribution in [0.15, 0.2) is 71.5 Å². The van der Waals surface area contributed by atoms with Crippen LogP contribution in [0, 0.1) is 13.8 Å². The SMILES string of the molecule is CC.CC.Cc1ccc(C)c2[nH]c(=O)c(C(N)c3nnnn3CCc3ccccc3)cc12.NCc1ccc2c(c1)OCO2. The molecule has 10 nitrogen and oxygen atoms in total. The lowest BCUT2D eigenvalue weighted by Crippen LogP contribution is -2.26. The van der Waals surface area contributed by atoms with Crippen LogP contribution in [0.1, 0.15) is 67.4 Å². The zero-order valence-electron chi connectivity index (χ0n) is 25.9. The Balaban J connectivity index is 0.000000280. The van der Waals surface area contributed by atoms with Crippen molar-refractivity contribution in [3.63, 3.8) is 0 Å². The topological polar surface area (TPSA) is 147 Å². The third-order valence-corrected chi connectivity index (χ3v) is 6.77. The second-order valence-corrected chi connectivity index (χ2v) is 9.41. The molecule has 3 heterocycles. The van der Waals surface area contributed by atoms with Crippen molar-refractivity contribution in [3.8, 4) is 11.5 Å². The average Bonchev–Trinajstić information content (AvgIpc) is 3.73. The van der Waals surface area contributed by atoms with E-state index in [1.165, 1.54) is 5.56 Å². The fourth-order valence-electron chi connectivity index (χ4n) is 4.50. The predicted molar refractivity (Wildman–Crippen MR) is 171 cm³/mol. The summed E-state index contributed by atoms with van der Waals surface area (Å²) in [5.74, 6) is 2.08. The molecule has 1 aliphatic heterocycles. The van der Waals surface area contributed by atoms with E-state index >= 15 is 0 Å². The molecule has 0 amide bonds. The Morgan fingerprint density at radius 1 is 0.907 bits per heavy atom. The molecule has 3 aromatic carbocycles. The molecule has 228 valence electrons. The number of benzene rings is 3. The van der Waals surface area contributed by atoms with Crippen LogP contribution in [0.5, 0.6) is 11.5 Å². The van der Waals surface area contributed by atoms with Crippen molar-refractivity contribution in [1.29, 1.82) is 0 Å². The van der Waals surface area contributed by atoms with E-state index in [0.717, 1.165) is 45.5 Å². The lowest BCUT2D eigenvalue weighted by atomic mass is 10.0. The molecule has 0 fully saturated rings. The molecule has 0 saturated carbocycles. The minimum absolute atomic E-state index is 0.216. The lowest BCUT2D eigenvalue weighted by molar-refractivity contribution is 0.174. The third-order valence-electron chi connectivity index (χ3n) is 6.77. The Kier molecular flexibility index (Phi) is 12.4. The highest BCUT2D eigenvalue weighted by Gasteiger charge is 2.21. The van der Waals surface area contributed by atoms with E-state index in [0.29, 0.717) is 31.3 Å². The van der Waals surface area contributed by atoms with Crippen molar-refractivity contribution in [2.75, 3.05) is 6.79 Å². The Hall–Kier alpha value is -4.54. The maximum absolute atomic E-state index is 12.7. The van der Waals surface area contributed by atoms with Crippen LogP contribution in [0.4, 0.5) is 0 Å². The Bertz CT molecular complexity index is 1650. The van der Waals surface area contributed by atoms with E-state index in [9.17, 15) is 4.79 Å². The van der Waals surface area contributed by atoms with Gasteiger partial charge in [0.1, 0.15) is 0 Å². The number of aromatic nitrogens is 5. The monoisotopic (exact) mass is 585 g/mol. The molecule has 1 unspecified atom stereocenters. The van der Waals surface area contributed by atoms with E-state index in [1.54, 1.807) is 4.68 Å². The van der Waals surface area contributed by atoms with Crippen molar-refractivity contribution in [3.05, 3.63) is 111 Å². The molecular formula is C33H43N7O3. The standard InChI is InChI=1S/C21H22N6O.C8H9NO2.2C2H6/c1-13-8-9-14(2)19-16(13)12-17(21(28)23-19)18(22)20-24-25-26-27(20)11-10-15-6-4-3-5-7-15;9-4-6-1-2-7-8(3-6)11-5-10-7;2*1-2/h3-9,12,18H,10-11,22H2,1-2H3,(H,23,28);1-3H,4-5,9H2;2*1-2H3. The second kappa shape index (κ2) is 16.2. The highest BCUT2D eigenvalue weighted by molar-refractivity contribution is 5.85. The minimum Gasteiger partial charge on any atom is -0.454 e. The molecule has 0 aliphatic carbocycles. The van der Waals surface area contributed by atoms with Gasteiger partial charge in [0.25, 0.3) is 5.56 Å². The van der Waals surface area contributed by atoms with Gasteiger partial charge in [-0.25, -0.2) is 4.68 Å². The first-order valence-corrected chi connectivity index (χ1v) is 14.7. The summed E-state index contributed by atoms with van der Waals surface area (Å²) in [7, 11) is 0. The van der Waals surface area contributed by atoms with Crippen LogP contribution >= 0.6 is 0 Å². The molecule has 5 aromatic rings. The third kappa shape index (κ3) is 8.06. The highest BCUT2D eigenvalue weighted by Crippen LogP contribution is 2.32. The lowest BCUT2D eigenvalue weighted by Gasteiger charge is -2.14. The molecule has 6 rings (SSSR count). The van der Waals surface area contributed by atoms with Crippen LogP contribution in [0.3, 0.4) is 0 Å². The molecule has 10 heteroatoms. The van der Waals surface area contributed by atoms with Gasteiger partial charge in [0.15, 0.2) is 17.3 Å². The number of hydrogen-bond donors (Lipinski definition) is 3. The van der Waals surface area contributed by atoms with Crippen molar-refractivity contribution in [2.45, 2.75) is 67.1 Å². The van der Waals surface area contributed by atoms with Crippen LogP contribution in [-0.4, -0.2) is 32.0 Å². The summed E-state index contributed by atoms with van der Waals surface area (Å²) < 4.78 is 12.0. The van der Waals surface area contributed by atoms with Gasteiger partial charge in [-0.15, -0.1) is 5.10 Å². The fraction of sp³-hybridized carbons (Fsp3) is 0.333. The molecule has 0 spiro atoms. The van der Waals surface area contributed by atoms with Crippen LogP contribution < -0.4 is 26.5 Å². The van der Waals surface area contributed by atoms with E-state index in [1.807, 2.05) is 96.1 Å². The van der Waals surface area contributed by atoms with E-state index in [4.69, 9.17) is 20.9 Å². The molecule has 0 bridgehead atoms. The van der Waals surface area contributed by atoms with Gasteiger partial charge in [0, 0.05) is 24.0 Å². The largest absolute Gasteiger partial charge is 0.454 e. The van der Waals surface area contributed by atoms with Gasteiger partial charge in [0.2, 0.25) is 6.79 Å². The average molecular weight is 586 g/mol. The van der Waals surface area contributed by atoms with Gasteiger partial charge in [-0.1, -0.05) is 76.2 Å². The van der Waals surface area contributed by atoms with Gasteiger partial charge in [-0.3, -0.25) is 4.79 Å². The normalized spacial score (nSPS) is 11.8. The summed E-state index contributed by atoms with van der Waals surface area (Å²) in [5, 5.41) is 12.9. The number of nitrogens with zero attached hydrogens (tertiary/aromatic N) is 4. The minimum atomic E-state index is -0.709. The highest BCUT2D eigenvalue weighted by atomic mass is 16.7. The van der Waals surface area contributed by atoms with Gasteiger partial charge in [-0.05, 0) is 71.1 Å². The molecule has 1 aliphatic rings. The Morgan fingerprint density at radius 2 is 1.60 bits per heavy atom. The van der Waals surface area contributed by atoms with E-state index < -0.39 is 6.04 Å². The van der Waals surface area contributed by atoms with Crippen molar-refractivity contribution < 1.29 is 9.47 Å². The molecule has 5 N–H and O–H groups in total. The number of pyridine rings is 1. The van der Waals surface area contributed by atoms with Gasteiger partial charge >= 0.3 is 0 Å². The summed E-state index contributed by atoms with van der Waals surface area (Å²) in [5.41, 5.74) is 17.3. The number of H-pyrrole nitrogens is 1. The zero-order chi connectivity index (χ0) is 31.4. The van der Waals surface area contributed by atoms with Gasteiger partial charge in [0.05, 0.1) is 11.6 Å². The van der Waals surface area contributed by atoms with Gasteiger partial charge < -0.3 is 25.9 Å².